The van der Waals surface area contributed by atoms with Gasteiger partial charge in [0.2, 0.25) is 0 Å². The van der Waals surface area contributed by atoms with Crippen molar-refractivity contribution in [2.45, 2.75) is 219 Å². The molecule has 3 rings (SSSR count). The maximum Gasteiger partial charge on any atom is 0.0585 e. The second kappa shape index (κ2) is 34.9. The van der Waals surface area contributed by atoms with Gasteiger partial charge >= 0.3 is 0 Å². The minimum Gasteiger partial charge on any atom is -0.232 e. The van der Waals surface area contributed by atoms with Crippen LogP contribution in [0.2, 0.25) is 0 Å². The average molecular weight is 661 g/mol. The highest BCUT2D eigenvalue weighted by Crippen LogP contribution is 2.31. The molecule has 0 N–H and O–H groups in total. The van der Waals surface area contributed by atoms with Crippen LogP contribution in [0.1, 0.15) is 219 Å². The molecular weight excluding hydrogens is 585 g/mol. The van der Waals surface area contributed by atoms with Crippen LogP contribution < -0.4 is 0 Å². The van der Waals surface area contributed by atoms with Gasteiger partial charge in [0.05, 0.1) is 23.4 Å². The molecule has 0 aromatic carbocycles. The Balaban J connectivity index is 0.000000410. The summed E-state index contributed by atoms with van der Waals surface area (Å²) in [5.74, 6) is 2.24. The van der Waals surface area contributed by atoms with Crippen LogP contribution >= 0.6 is 24.4 Å². The van der Waals surface area contributed by atoms with Crippen molar-refractivity contribution in [2.24, 2.45) is 27.7 Å². The van der Waals surface area contributed by atoms with E-state index in [2.05, 4.69) is 27.2 Å². The van der Waals surface area contributed by atoms with E-state index < -0.39 is 0 Å². The van der Waals surface area contributed by atoms with Crippen LogP contribution in [0.15, 0.2) is 9.98 Å². The minimum atomic E-state index is 0.701. The van der Waals surface area contributed by atoms with Crippen LogP contribution in [0.3, 0.4) is 0 Å². The summed E-state index contributed by atoms with van der Waals surface area (Å²) in [5.41, 5.74) is 0. The van der Waals surface area contributed by atoms with Gasteiger partial charge in [-0.15, -0.1) is 0 Å². The zero-order chi connectivity index (χ0) is 32.3. The number of aliphatic imine (C=N–C) groups is 2. The SMILES string of the molecule is C1CCCCCCCCC1.C1CCCCCCCCC1.CCCCCCCC1CCC(CN=C=S)CCCCC(CN=C=S)C1. The van der Waals surface area contributed by atoms with Crippen LogP contribution in [0, 0.1) is 17.8 Å². The highest BCUT2D eigenvalue weighted by molar-refractivity contribution is 7.78. The van der Waals surface area contributed by atoms with E-state index in [4.69, 9.17) is 24.4 Å². The summed E-state index contributed by atoms with van der Waals surface area (Å²) in [5, 5.41) is 5.12. The predicted octanol–water partition coefficient (Wildman–Crippen LogP) is 14.9. The van der Waals surface area contributed by atoms with E-state index in [1.54, 1.807) is 0 Å². The first-order valence-corrected chi connectivity index (χ1v) is 21.2. The van der Waals surface area contributed by atoms with Gasteiger partial charge in [-0.2, -0.15) is 0 Å². The van der Waals surface area contributed by atoms with E-state index in [9.17, 15) is 0 Å². The van der Waals surface area contributed by atoms with E-state index >= 15 is 0 Å². The molecule has 0 spiro atoms. The van der Waals surface area contributed by atoms with Crippen molar-refractivity contribution >= 4 is 34.8 Å². The number of hydrogen-bond acceptors (Lipinski definition) is 4. The molecule has 0 amide bonds. The van der Waals surface area contributed by atoms with Crippen LogP contribution in [-0.2, 0) is 0 Å². The normalized spacial score (nSPS) is 24.4. The maximum atomic E-state index is 4.78. The molecule has 3 fully saturated rings. The first kappa shape index (κ1) is 42.6. The zero-order valence-corrected chi connectivity index (χ0v) is 31.8. The number of hydrogen-bond donors (Lipinski definition) is 0. The van der Waals surface area contributed by atoms with Crippen LogP contribution in [0.4, 0.5) is 0 Å². The van der Waals surface area contributed by atoms with Crippen molar-refractivity contribution in [1.29, 1.82) is 0 Å². The Labute approximate surface area is 293 Å². The third-order valence-electron chi connectivity index (χ3n) is 10.7. The van der Waals surface area contributed by atoms with Crippen molar-refractivity contribution in [2.75, 3.05) is 13.1 Å². The lowest BCUT2D eigenvalue weighted by atomic mass is 9.80. The van der Waals surface area contributed by atoms with Gasteiger partial charge in [-0.05, 0) is 67.9 Å². The minimum absolute atomic E-state index is 0.701. The van der Waals surface area contributed by atoms with Crippen molar-refractivity contribution in [3.05, 3.63) is 0 Å². The second-order valence-electron chi connectivity index (χ2n) is 14.8. The van der Waals surface area contributed by atoms with E-state index in [1.165, 1.54) is 212 Å². The Bertz CT molecular complexity index is 626. The number of unbranched alkanes of at least 4 members (excludes halogenated alkanes) is 4. The summed E-state index contributed by atoms with van der Waals surface area (Å²) in [6.07, 6.45) is 47.4. The molecule has 3 aliphatic rings. The standard InChI is InChI=1S/C21H36N2S2.2C10H20/c1-2-3-4-5-6-9-19-12-13-20(15-22-17-24)10-7-8-11-21(14-19)16-23-18-25;2*1-2-4-6-8-10-9-7-5-3-1/h19-21H,2-16H2,1H3;2*1-10H2. The summed E-state index contributed by atoms with van der Waals surface area (Å²) in [6, 6.07) is 0. The molecule has 2 nitrogen and oxygen atoms in total. The van der Waals surface area contributed by atoms with E-state index in [-0.39, 0.29) is 0 Å². The Morgan fingerprint density at radius 3 is 1.18 bits per heavy atom. The molecule has 3 aliphatic carbocycles. The molecule has 0 aliphatic heterocycles. The lowest BCUT2D eigenvalue weighted by Gasteiger charge is -2.26. The molecule has 0 bridgehead atoms. The van der Waals surface area contributed by atoms with Crippen LogP contribution in [-0.4, -0.2) is 23.4 Å². The zero-order valence-electron chi connectivity index (χ0n) is 30.2. The Kier molecular flexibility index (Phi) is 33.1. The van der Waals surface area contributed by atoms with Crippen molar-refractivity contribution < 1.29 is 0 Å². The summed E-state index contributed by atoms with van der Waals surface area (Å²) in [7, 11) is 0. The Morgan fingerprint density at radius 2 is 0.778 bits per heavy atom. The monoisotopic (exact) mass is 661 g/mol. The maximum absolute atomic E-state index is 4.78. The third kappa shape index (κ3) is 29.5. The fourth-order valence-electron chi connectivity index (χ4n) is 7.70. The molecule has 0 radical (unpaired) electrons. The summed E-state index contributed by atoms with van der Waals surface area (Å²) in [6.45, 7) is 4.05. The molecular formula is C41H76N2S2. The van der Waals surface area contributed by atoms with Crippen LogP contribution in [0.5, 0.6) is 0 Å². The summed E-state index contributed by atoms with van der Waals surface area (Å²) in [4.78, 5) is 8.49. The molecule has 262 valence electrons. The van der Waals surface area contributed by atoms with E-state index in [0.717, 1.165) is 19.0 Å². The molecule has 3 atom stereocenters. The lowest BCUT2D eigenvalue weighted by molar-refractivity contribution is 0.269. The fourth-order valence-corrected chi connectivity index (χ4v) is 7.85. The van der Waals surface area contributed by atoms with Gasteiger partial charge < -0.3 is 0 Å². The van der Waals surface area contributed by atoms with Gasteiger partial charge in [-0.3, -0.25) is 0 Å². The average Bonchev–Trinajstić information content (AvgIpc) is 3.08. The quantitative estimate of drug-likeness (QED) is 0.132. The second-order valence-corrected chi connectivity index (χ2v) is 15.2. The highest BCUT2D eigenvalue weighted by atomic mass is 32.1. The number of thiocarbonyl (C=S) groups is 2. The van der Waals surface area contributed by atoms with Gasteiger partial charge in [0, 0.05) is 0 Å². The van der Waals surface area contributed by atoms with E-state index in [0.29, 0.717) is 11.8 Å². The predicted molar refractivity (Wildman–Crippen MR) is 208 cm³/mol. The Morgan fingerprint density at radius 1 is 0.422 bits per heavy atom. The number of rotatable bonds is 10. The third-order valence-corrected chi connectivity index (χ3v) is 10.9. The lowest BCUT2D eigenvalue weighted by Crippen LogP contribution is -2.16. The molecule has 4 heteroatoms. The highest BCUT2D eigenvalue weighted by Gasteiger charge is 2.20. The molecule has 0 aromatic rings. The smallest absolute Gasteiger partial charge is 0.0585 e. The largest absolute Gasteiger partial charge is 0.232 e. The van der Waals surface area contributed by atoms with Crippen LogP contribution in [0.25, 0.3) is 0 Å². The number of nitrogens with zero attached hydrogens (tertiary/aromatic N) is 2. The van der Waals surface area contributed by atoms with Gasteiger partial charge in [-0.1, -0.05) is 193 Å². The molecule has 0 saturated heterocycles. The van der Waals surface area contributed by atoms with Crippen molar-refractivity contribution in [3.63, 3.8) is 0 Å². The molecule has 0 aromatic heterocycles. The molecule has 0 heterocycles. The summed E-state index contributed by atoms with van der Waals surface area (Å²) >= 11 is 9.54. The number of isothiocyanates is 2. The molecule has 3 saturated carbocycles. The molecule has 3 unspecified atom stereocenters. The Hall–Kier alpha value is -0.400. The first-order valence-electron chi connectivity index (χ1n) is 20.4. The van der Waals surface area contributed by atoms with Crippen molar-refractivity contribution in [3.8, 4) is 0 Å². The first-order chi connectivity index (χ1) is 22.3. The van der Waals surface area contributed by atoms with Gasteiger partial charge in [0.15, 0.2) is 0 Å². The molecule has 45 heavy (non-hydrogen) atoms. The van der Waals surface area contributed by atoms with Gasteiger partial charge in [-0.25, -0.2) is 9.98 Å². The van der Waals surface area contributed by atoms with Crippen molar-refractivity contribution in [1.82, 2.24) is 0 Å². The summed E-state index contributed by atoms with van der Waals surface area (Å²) < 4.78 is 0. The van der Waals surface area contributed by atoms with Gasteiger partial charge in [0.25, 0.3) is 0 Å². The van der Waals surface area contributed by atoms with E-state index in [1.807, 2.05) is 0 Å². The van der Waals surface area contributed by atoms with Gasteiger partial charge in [0.1, 0.15) is 0 Å². The topological polar surface area (TPSA) is 24.7 Å². The fraction of sp³-hybridized carbons (Fsp3) is 0.951.